The molecule has 0 unspecified atom stereocenters. The molecule has 8 heteroatoms. The number of alkyl halides is 1. The summed E-state index contributed by atoms with van der Waals surface area (Å²) in [6, 6.07) is 9.68. The molecule has 7 nitrogen and oxygen atoms in total. The molecule has 4 heterocycles. The number of halogens is 1. The van der Waals surface area contributed by atoms with Crippen molar-refractivity contribution in [1.29, 1.82) is 0 Å². The molecular weight excluding hydrogens is 433 g/mol. The number of nitrogens with zero attached hydrogens (tertiary/aromatic N) is 4. The molecule has 2 saturated heterocycles. The van der Waals surface area contributed by atoms with Crippen molar-refractivity contribution < 1.29 is 14.2 Å². The minimum atomic E-state index is -0.899. The number of ether oxygens (including phenoxy) is 1. The lowest BCUT2D eigenvalue weighted by molar-refractivity contribution is 0.171. The first-order valence-electron chi connectivity index (χ1n) is 11.9. The fourth-order valence-electron chi connectivity index (χ4n) is 5.45. The Labute approximate surface area is 198 Å². The fraction of sp³-hybridized carbons (Fsp3) is 0.423. The van der Waals surface area contributed by atoms with Crippen LogP contribution in [0.25, 0.3) is 22.4 Å². The van der Waals surface area contributed by atoms with Crippen molar-refractivity contribution in [2.75, 3.05) is 12.0 Å². The molecule has 34 heavy (non-hydrogen) atoms. The molecule has 2 bridgehead atoms. The summed E-state index contributed by atoms with van der Waals surface area (Å²) in [5.74, 6) is 1.35. The van der Waals surface area contributed by atoms with Crippen LogP contribution in [-0.4, -0.2) is 57.5 Å². The second kappa shape index (κ2) is 8.51. The molecular formula is C26H28FN5O2. The highest BCUT2D eigenvalue weighted by atomic mass is 19.1. The van der Waals surface area contributed by atoms with Crippen molar-refractivity contribution in [2.24, 2.45) is 0 Å². The molecule has 176 valence electrons. The van der Waals surface area contributed by atoms with Gasteiger partial charge in [0.1, 0.15) is 17.7 Å². The molecule has 1 aliphatic carbocycles. The lowest BCUT2D eigenvalue weighted by atomic mass is 9.96. The number of hydrogen-bond acceptors (Lipinski definition) is 7. The number of benzene rings is 1. The molecule has 6 rings (SSSR count). The predicted molar refractivity (Wildman–Crippen MR) is 128 cm³/mol. The Bertz CT molecular complexity index is 1190. The predicted octanol–water partition coefficient (Wildman–Crippen LogP) is 4.12. The third-order valence-electron chi connectivity index (χ3n) is 7.31. The van der Waals surface area contributed by atoms with Crippen LogP contribution in [0.2, 0.25) is 0 Å². The molecule has 1 aromatic carbocycles. The van der Waals surface area contributed by atoms with Gasteiger partial charge < -0.3 is 20.1 Å². The summed E-state index contributed by atoms with van der Waals surface area (Å²) in [7, 11) is 1.57. The molecule has 2 aliphatic heterocycles. The van der Waals surface area contributed by atoms with Crippen LogP contribution in [0.15, 0.2) is 48.9 Å². The molecule has 0 spiro atoms. The van der Waals surface area contributed by atoms with E-state index in [-0.39, 0.29) is 17.8 Å². The highest BCUT2D eigenvalue weighted by Crippen LogP contribution is 2.40. The maximum Gasteiger partial charge on any atom is 0.213 e. The van der Waals surface area contributed by atoms with Gasteiger partial charge in [-0.2, -0.15) is 0 Å². The summed E-state index contributed by atoms with van der Waals surface area (Å²) in [4.78, 5) is 15.6. The van der Waals surface area contributed by atoms with Crippen molar-refractivity contribution in [2.45, 2.75) is 62.4 Å². The zero-order valence-corrected chi connectivity index (χ0v) is 19.1. The van der Waals surface area contributed by atoms with Crippen molar-refractivity contribution in [3.05, 3.63) is 48.9 Å². The van der Waals surface area contributed by atoms with Gasteiger partial charge in [-0.15, -0.1) is 0 Å². The highest BCUT2D eigenvalue weighted by molar-refractivity contribution is 5.74. The number of methoxy groups -OCH3 is 1. The average molecular weight is 462 g/mol. The first-order valence-corrected chi connectivity index (χ1v) is 11.9. The number of phenols is 1. The van der Waals surface area contributed by atoms with Crippen LogP contribution in [0.3, 0.4) is 0 Å². The Morgan fingerprint density at radius 2 is 1.88 bits per heavy atom. The molecule has 2 aromatic heterocycles. The van der Waals surface area contributed by atoms with Crippen LogP contribution in [0.5, 0.6) is 11.6 Å². The number of anilines is 1. The van der Waals surface area contributed by atoms with Crippen molar-refractivity contribution >= 4 is 5.82 Å². The van der Waals surface area contributed by atoms with E-state index >= 15 is 4.39 Å². The van der Waals surface area contributed by atoms with Crippen LogP contribution in [0.4, 0.5) is 10.2 Å². The number of rotatable bonds is 6. The monoisotopic (exact) mass is 461 g/mol. The summed E-state index contributed by atoms with van der Waals surface area (Å²) in [6.45, 7) is 0. The van der Waals surface area contributed by atoms with E-state index in [1.54, 1.807) is 31.8 Å². The molecule has 2 N–H and O–H groups in total. The number of aromatic hydroxyl groups is 1. The van der Waals surface area contributed by atoms with E-state index in [9.17, 15) is 5.11 Å². The van der Waals surface area contributed by atoms with Crippen LogP contribution >= 0.6 is 0 Å². The largest absolute Gasteiger partial charge is 0.507 e. The summed E-state index contributed by atoms with van der Waals surface area (Å²) in [5, 5.41) is 14.2. The zero-order valence-electron chi connectivity index (χ0n) is 19.1. The maximum absolute atomic E-state index is 15.3. The molecule has 1 saturated carbocycles. The number of fused-ring (bicyclic) bond motifs is 2. The lowest BCUT2D eigenvalue weighted by Gasteiger charge is -2.41. The minimum Gasteiger partial charge on any atom is -0.507 e. The van der Waals surface area contributed by atoms with E-state index < -0.39 is 6.17 Å². The number of hydrogen-bond donors (Lipinski definition) is 2. The first kappa shape index (κ1) is 21.3. The minimum absolute atomic E-state index is 0.0481. The van der Waals surface area contributed by atoms with E-state index in [4.69, 9.17) is 4.74 Å². The Balaban J connectivity index is 1.26. The van der Waals surface area contributed by atoms with Gasteiger partial charge in [-0.05, 0) is 61.4 Å². The van der Waals surface area contributed by atoms with Crippen LogP contribution in [0, 0.1) is 0 Å². The number of piperidine rings is 1. The Morgan fingerprint density at radius 3 is 2.62 bits per heavy atom. The number of phenolic OH excluding ortho intramolecular Hbond substituents is 1. The summed E-state index contributed by atoms with van der Waals surface area (Å²) in [5.41, 5.74) is 2.93. The van der Waals surface area contributed by atoms with Crippen LogP contribution in [0.1, 0.15) is 32.1 Å². The van der Waals surface area contributed by atoms with Gasteiger partial charge in [-0.3, -0.25) is 4.98 Å². The van der Waals surface area contributed by atoms with Gasteiger partial charge in [0.2, 0.25) is 5.88 Å². The second-order valence-electron chi connectivity index (χ2n) is 9.51. The van der Waals surface area contributed by atoms with Crippen molar-refractivity contribution in [3.63, 3.8) is 0 Å². The van der Waals surface area contributed by atoms with E-state index in [1.165, 1.54) is 0 Å². The third-order valence-corrected chi connectivity index (χ3v) is 7.31. The SMILES string of the molecule is COc1cc(-c2ccc(-c3cnc(N(C4CC4)[C@@H]4C[C@H]5CC[C@H](N5)[C@@H]4F)cn3)c(O)c2)ccn1. The summed E-state index contributed by atoms with van der Waals surface area (Å²) in [6.07, 6.45) is 9.08. The summed E-state index contributed by atoms with van der Waals surface area (Å²) >= 11 is 0. The van der Waals surface area contributed by atoms with Crippen LogP contribution < -0.4 is 15.0 Å². The molecule has 3 fully saturated rings. The Morgan fingerprint density at radius 1 is 1.03 bits per heavy atom. The lowest BCUT2D eigenvalue weighted by Crippen LogP contribution is -2.57. The van der Waals surface area contributed by atoms with E-state index in [2.05, 4.69) is 25.2 Å². The Hall–Kier alpha value is -3.26. The first-order chi connectivity index (χ1) is 16.6. The smallest absolute Gasteiger partial charge is 0.213 e. The van der Waals surface area contributed by atoms with E-state index in [0.717, 1.165) is 49.0 Å². The molecule has 0 radical (unpaired) electrons. The van der Waals surface area contributed by atoms with Crippen molar-refractivity contribution in [1.82, 2.24) is 20.3 Å². The van der Waals surface area contributed by atoms with E-state index in [1.807, 2.05) is 24.3 Å². The fourth-order valence-corrected chi connectivity index (χ4v) is 5.45. The zero-order chi connectivity index (χ0) is 23.2. The average Bonchev–Trinajstić information content (AvgIpc) is 3.62. The standard InChI is InChI=1S/C26H28FN5O2/c1-34-25-11-16(8-9-28-25)15-2-6-19(23(33)10-15)21-13-30-24(14-29-21)32(18-4-5-18)22-12-17-3-7-20(31-17)26(22)27/h2,6,8-11,13-14,17-18,20,22,26,31,33H,3-5,7,12H2,1H3/t17-,20+,22-,26+/m1/s1. The van der Waals surface area contributed by atoms with Gasteiger partial charge in [0.05, 0.1) is 31.2 Å². The molecule has 3 aromatic rings. The number of aromatic nitrogens is 3. The number of nitrogens with one attached hydrogen (secondary N) is 1. The third kappa shape index (κ3) is 3.86. The second-order valence-corrected chi connectivity index (χ2v) is 9.51. The number of pyridine rings is 1. The molecule has 3 aliphatic rings. The Kier molecular flexibility index (Phi) is 5.32. The van der Waals surface area contributed by atoms with Gasteiger partial charge in [0.15, 0.2) is 0 Å². The van der Waals surface area contributed by atoms with Crippen molar-refractivity contribution in [3.8, 4) is 34.0 Å². The summed E-state index contributed by atoms with van der Waals surface area (Å²) < 4.78 is 20.5. The van der Waals surface area contributed by atoms with Gasteiger partial charge in [-0.25, -0.2) is 14.4 Å². The van der Waals surface area contributed by atoms with Gasteiger partial charge >= 0.3 is 0 Å². The normalized spacial score (nSPS) is 25.8. The molecule has 0 amide bonds. The van der Waals surface area contributed by atoms with Crippen LogP contribution in [-0.2, 0) is 0 Å². The maximum atomic E-state index is 15.3. The van der Waals surface area contributed by atoms with Gasteiger partial charge in [0, 0.05) is 36.0 Å². The topological polar surface area (TPSA) is 83.4 Å². The van der Waals surface area contributed by atoms with Gasteiger partial charge in [-0.1, -0.05) is 6.07 Å². The highest BCUT2D eigenvalue weighted by Gasteiger charge is 2.48. The van der Waals surface area contributed by atoms with E-state index in [0.29, 0.717) is 29.2 Å². The molecule has 4 atom stereocenters. The quantitative estimate of drug-likeness (QED) is 0.571. The van der Waals surface area contributed by atoms with Gasteiger partial charge in [0.25, 0.3) is 0 Å².